The van der Waals surface area contributed by atoms with Gasteiger partial charge in [-0.15, -0.1) is 0 Å². The number of alkyl halides is 3. The van der Waals surface area contributed by atoms with Crippen LogP contribution >= 0.6 is 0 Å². The van der Waals surface area contributed by atoms with Gasteiger partial charge >= 0.3 is 6.18 Å². The normalized spacial score (nSPS) is 13.9. The highest BCUT2D eigenvalue weighted by Crippen LogP contribution is 2.30. The number of aromatic nitrogens is 2. The van der Waals surface area contributed by atoms with E-state index in [4.69, 9.17) is 4.74 Å². The fraction of sp³-hybridized carbons (Fsp3) is 0.217. The van der Waals surface area contributed by atoms with E-state index < -0.39 is 18.2 Å². The molecular formula is C23H20F3N3O2. The number of halogens is 3. The average molecular weight is 427 g/mol. The summed E-state index contributed by atoms with van der Waals surface area (Å²) >= 11 is 0. The maximum Gasteiger partial charge on any atom is 0.422 e. The van der Waals surface area contributed by atoms with E-state index in [0.717, 1.165) is 18.5 Å². The number of fused-ring (bicyclic) bond motifs is 1. The monoisotopic (exact) mass is 427 g/mol. The van der Waals surface area contributed by atoms with E-state index in [9.17, 15) is 18.0 Å². The molecule has 2 heterocycles. The third-order valence-electron chi connectivity index (χ3n) is 4.77. The molecule has 1 N–H and O–H groups in total. The zero-order valence-corrected chi connectivity index (χ0v) is 16.7. The summed E-state index contributed by atoms with van der Waals surface area (Å²) in [5, 5.41) is 3.29. The molecule has 0 atom stereocenters. The van der Waals surface area contributed by atoms with Crippen LogP contribution in [0.3, 0.4) is 0 Å². The molecule has 8 heteroatoms. The minimum Gasteiger partial charge on any atom is -0.483 e. The molecular weight excluding hydrogens is 407 g/mol. The van der Waals surface area contributed by atoms with Crippen molar-refractivity contribution in [1.82, 2.24) is 9.55 Å². The molecule has 0 saturated carbocycles. The SMILES string of the molecule is Cc1cc(OCC(F)(F)F)c2c(=O)cc(NC3=CC=CCC3)n(-c3ccccc3)c2n1. The molecule has 1 aliphatic rings. The topological polar surface area (TPSA) is 56.1 Å². The summed E-state index contributed by atoms with van der Waals surface area (Å²) in [4.78, 5) is 17.5. The van der Waals surface area contributed by atoms with E-state index in [1.807, 2.05) is 48.6 Å². The molecule has 0 aliphatic heterocycles. The van der Waals surface area contributed by atoms with Crippen LogP contribution in [0.4, 0.5) is 19.0 Å². The van der Waals surface area contributed by atoms with Crippen molar-refractivity contribution in [3.05, 3.63) is 82.3 Å². The standard InChI is InChI=1S/C23H20F3N3O2/c1-15-12-19(31-14-23(24,25)26)21-18(30)13-20(28-16-8-4-2-5-9-16)29(22(21)27-15)17-10-6-3-7-11-17/h2-4,6-8,10-13,28H,5,9,14H2,1H3. The summed E-state index contributed by atoms with van der Waals surface area (Å²) < 4.78 is 45.0. The van der Waals surface area contributed by atoms with Crippen LogP contribution in [0.1, 0.15) is 18.5 Å². The van der Waals surface area contributed by atoms with Gasteiger partial charge in [0.2, 0.25) is 0 Å². The van der Waals surface area contributed by atoms with Crippen molar-refractivity contribution in [3.63, 3.8) is 0 Å². The highest BCUT2D eigenvalue weighted by Gasteiger charge is 2.29. The number of pyridine rings is 2. The van der Waals surface area contributed by atoms with Crippen LogP contribution in [0, 0.1) is 6.92 Å². The van der Waals surface area contributed by atoms with Crippen molar-refractivity contribution in [2.45, 2.75) is 25.9 Å². The van der Waals surface area contributed by atoms with Crippen LogP contribution in [0.5, 0.6) is 5.75 Å². The highest BCUT2D eigenvalue weighted by atomic mass is 19.4. The number of para-hydroxylation sites is 1. The van der Waals surface area contributed by atoms with Gasteiger partial charge in [0, 0.05) is 29.2 Å². The van der Waals surface area contributed by atoms with Crippen molar-refractivity contribution >= 4 is 16.9 Å². The molecule has 3 aromatic rings. The number of anilines is 1. The van der Waals surface area contributed by atoms with Gasteiger partial charge in [-0.05, 0) is 38.0 Å². The summed E-state index contributed by atoms with van der Waals surface area (Å²) in [7, 11) is 0. The summed E-state index contributed by atoms with van der Waals surface area (Å²) in [6, 6.07) is 11.9. The number of ether oxygens (including phenoxy) is 1. The van der Waals surface area contributed by atoms with Gasteiger partial charge in [-0.1, -0.05) is 30.4 Å². The molecule has 0 saturated heterocycles. The molecule has 1 aliphatic carbocycles. The average Bonchev–Trinajstić information content (AvgIpc) is 2.72. The Hall–Kier alpha value is -3.55. The predicted molar refractivity (Wildman–Crippen MR) is 114 cm³/mol. The Morgan fingerprint density at radius 1 is 1.19 bits per heavy atom. The predicted octanol–water partition coefficient (Wildman–Crippen LogP) is 5.28. The highest BCUT2D eigenvalue weighted by molar-refractivity contribution is 5.86. The van der Waals surface area contributed by atoms with Gasteiger partial charge in [0.25, 0.3) is 0 Å². The molecule has 0 spiro atoms. The van der Waals surface area contributed by atoms with Gasteiger partial charge in [0.05, 0.1) is 0 Å². The number of nitrogens with zero attached hydrogens (tertiary/aromatic N) is 2. The molecule has 31 heavy (non-hydrogen) atoms. The zero-order chi connectivity index (χ0) is 22.0. The van der Waals surface area contributed by atoms with Crippen molar-refractivity contribution in [1.29, 1.82) is 0 Å². The summed E-state index contributed by atoms with van der Waals surface area (Å²) in [5.74, 6) is 0.339. The van der Waals surface area contributed by atoms with Crippen molar-refractivity contribution in [3.8, 4) is 11.4 Å². The van der Waals surface area contributed by atoms with Gasteiger partial charge in [0.1, 0.15) is 17.0 Å². The van der Waals surface area contributed by atoms with Crippen molar-refractivity contribution < 1.29 is 17.9 Å². The molecule has 5 nitrogen and oxygen atoms in total. The third kappa shape index (κ3) is 4.63. The van der Waals surface area contributed by atoms with Crippen LogP contribution < -0.4 is 15.5 Å². The second-order valence-corrected chi connectivity index (χ2v) is 7.21. The van der Waals surface area contributed by atoms with Gasteiger partial charge < -0.3 is 10.1 Å². The summed E-state index contributed by atoms with van der Waals surface area (Å²) in [6.45, 7) is 0.157. The van der Waals surface area contributed by atoms with E-state index in [0.29, 0.717) is 17.2 Å². The van der Waals surface area contributed by atoms with Crippen LogP contribution in [-0.2, 0) is 0 Å². The Labute approximate surface area is 176 Å². The summed E-state index contributed by atoms with van der Waals surface area (Å²) in [6.07, 6.45) is 3.03. The maximum absolute atomic E-state index is 13.0. The summed E-state index contributed by atoms with van der Waals surface area (Å²) in [5.41, 5.74) is 1.83. The van der Waals surface area contributed by atoms with E-state index in [-0.39, 0.29) is 16.8 Å². The molecule has 1 aromatic carbocycles. The first-order valence-corrected chi connectivity index (χ1v) is 9.77. The first kappa shape index (κ1) is 20.7. The van der Waals surface area contributed by atoms with E-state index in [1.165, 1.54) is 12.1 Å². The fourth-order valence-electron chi connectivity index (χ4n) is 3.47. The number of allylic oxidation sites excluding steroid dienone is 4. The lowest BCUT2D eigenvalue weighted by Crippen LogP contribution is -2.21. The van der Waals surface area contributed by atoms with Gasteiger partial charge in [0.15, 0.2) is 17.7 Å². The van der Waals surface area contributed by atoms with Gasteiger partial charge in [-0.3, -0.25) is 9.36 Å². The molecule has 0 bridgehead atoms. The second-order valence-electron chi connectivity index (χ2n) is 7.21. The van der Waals surface area contributed by atoms with E-state index in [2.05, 4.69) is 10.3 Å². The zero-order valence-electron chi connectivity index (χ0n) is 16.7. The molecule has 2 aromatic heterocycles. The lowest BCUT2D eigenvalue weighted by molar-refractivity contribution is -0.153. The minimum absolute atomic E-state index is 0.00164. The number of hydrogen-bond donors (Lipinski definition) is 1. The number of nitrogens with one attached hydrogen (secondary N) is 1. The molecule has 0 radical (unpaired) electrons. The Bertz CT molecular complexity index is 1230. The quantitative estimate of drug-likeness (QED) is 0.602. The van der Waals surface area contributed by atoms with E-state index >= 15 is 0 Å². The molecule has 0 amide bonds. The lowest BCUT2D eigenvalue weighted by Gasteiger charge is -2.21. The Morgan fingerprint density at radius 3 is 2.65 bits per heavy atom. The maximum atomic E-state index is 13.0. The first-order valence-electron chi connectivity index (χ1n) is 9.77. The molecule has 0 unspecified atom stereocenters. The van der Waals surface area contributed by atoms with Gasteiger partial charge in [-0.25, -0.2) is 4.98 Å². The molecule has 0 fully saturated rings. The fourth-order valence-corrected chi connectivity index (χ4v) is 3.47. The van der Waals surface area contributed by atoms with Gasteiger partial charge in [-0.2, -0.15) is 13.2 Å². The van der Waals surface area contributed by atoms with E-state index in [1.54, 1.807) is 11.5 Å². The first-order chi connectivity index (χ1) is 14.8. The molecule has 4 rings (SSSR count). The number of aryl methyl sites for hydroxylation is 1. The van der Waals surface area contributed by atoms with Crippen LogP contribution in [0.15, 0.2) is 71.2 Å². The Balaban J connectivity index is 1.95. The third-order valence-corrected chi connectivity index (χ3v) is 4.77. The Kier molecular flexibility index (Phi) is 5.54. The van der Waals surface area contributed by atoms with Crippen molar-refractivity contribution in [2.24, 2.45) is 0 Å². The lowest BCUT2D eigenvalue weighted by atomic mass is 10.1. The van der Waals surface area contributed by atoms with Crippen LogP contribution in [0.2, 0.25) is 0 Å². The smallest absolute Gasteiger partial charge is 0.422 e. The van der Waals surface area contributed by atoms with Crippen LogP contribution in [-0.4, -0.2) is 22.3 Å². The molecule has 160 valence electrons. The largest absolute Gasteiger partial charge is 0.483 e. The second kappa shape index (κ2) is 8.29. The Morgan fingerprint density at radius 2 is 1.97 bits per heavy atom. The van der Waals surface area contributed by atoms with Crippen LogP contribution in [0.25, 0.3) is 16.7 Å². The minimum atomic E-state index is -4.52. The van der Waals surface area contributed by atoms with Crippen molar-refractivity contribution in [2.75, 3.05) is 11.9 Å². The number of rotatable bonds is 5. The number of hydrogen-bond acceptors (Lipinski definition) is 4. The number of benzene rings is 1.